The zero-order valence-electron chi connectivity index (χ0n) is 11.1. The van der Waals surface area contributed by atoms with Gasteiger partial charge in [0, 0.05) is 32.0 Å². The fourth-order valence-electron chi connectivity index (χ4n) is 1.44. The maximum atomic E-state index is 5.04. The Morgan fingerprint density at radius 3 is 2.83 bits per heavy atom. The van der Waals surface area contributed by atoms with Crippen LogP contribution in [0, 0.1) is 13.8 Å². The quantitative estimate of drug-likeness (QED) is 0.352. The lowest BCUT2D eigenvalue weighted by molar-refractivity contribution is 0.204. The molecule has 0 saturated carbocycles. The van der Waals surface area contributed by atoms with Gasteiger partial charge in [-0.15, -0.1) is 0 Å². The third-order valence-corrected chi connectivity index (χ3v) is 2.75. The molecule has 2 N–H and O–H groups in total. The molecule has 0 spiro atoms. The molecule has 0 aromatic carbocycles. The van der Waals surface area contributed by atoms with E-state index in [1.165, 1.54) is 0 Å². The van der Waals surface area contributed by atoms with Crippen LogP contribution in [0.5, 0.6) is 0 Å². The summed E-state index contributed by atoms with van der Waals surface area (Å²) in [5.41, 5.74) is 5.76. The fraction of sp³-hybridized carbons (Fsp3) is 0.545. The van der Waals surface area contributed by atoms with E-state index in [1.54, 1.807) is 13.3 Å². The summed E-state index contributed by atoms with van der Waals surface area (Å²) in [6.45, 7) is 5.20. The summed E-state index contributed by atoms with van der Waals surface area (Å²) in [5.74, 6) is 0. The Hall–Kier alpha value is -1.47. The van der Waals surface area contributed by atoms with Gasteiger partial charge in [0.15, 0.2) is 5.11 Å². The van der Waals surface area contributed by atoms with E-state index in [9.17, 15) is 0 Å². The lowest BCUT2D eigenvalue weighted by Crippen LogP contribution is -2.34. The first kappa shape index (κ1) is 14.6. The molecule has 0 amide bonds. The minimum Gasteiger partial charge on any atom is -0.383 e. The molecular weight excluding hydrogens is 250 g/mol. The largest absolute Gasteiger partial charge is 0.383 e. The second-order valence-corrected chi connectivity index (χ2v) is 4.24. The topological polar surface area (TPSA) is 63.5 Å². The number of methoxy groups -OCH3 is 1. The molecule has 0 unspecified atom stereocenters. The van der Waals surface area contributed by atoms with Gasteiger partial charge >= 0.3 is 0 Å². The van der Waals surface area contributed by atoms with Gasteiger partial charge in [-0.05, 0) is 26.1 Å². The number of nitrogens with one attached hydrogen (secondary N) is 2. The summed E-state index contributed by atoms with van der Waals surface area (Å²) in [7, 11) is 3.55. The number of ether oxygens (including phenoxy) is 1. The van der Waals surface area contributed by atoms with Crippen LogP contribution < -0.4 is 10.7 Å². The van der Waals surface area contributed by atoms with E-state index in [-0.39, 0.29) is 0 Å². The molecular formula is C11H19N5OS. The molecule has 0 bridgehead atoms. The number of aromatic nitrogens is 2. The van der Waals surface area contributed by atoms with E-state index >= 15 is 0 Å². The fourth-order valence-corrected chi connectivity index (χ4v) is 1.59. The summed E-state index contributed by atoms with van der Waals surface area (Å²) in [6.07, 6.45) is 1.72. The van der Waals surface area contributed by atoms with Gasteiger partial charge in [0.1, 0.15) is 0 Å². The average molecular weight is 269 g/mol. The molecule has 0 radical (unpaired) electrons. The summed E-state index contributed by atoms with van der Waals surface area (Å²) >= 11 is 5.04. The van der Waals surface area contributed by atoms with E-state index in [0.717, 1.165) is 17.0 Å². The molecule has 0 fully saturated rings. The maximum Gasteiger partial charge on any atom is 0.187 e. The molecule has 0 aliphatic rings. The van der Waals surface area contributed by atoms with Crippen molar-refractivity contribution in [3.8, 4) is 0 Å². The van der Waals surface area contributed by atoms with Gasteiger partial charge in [-0.25, -0.2) is 0 Å². The van der Waals surface area contributed by atoms with Crippen molar-refractivity contribution in [2.75, 3.05) is 20.3 Å². The maximum absolute atomic E-state index is 5.04. The Balaban J connectivity index is 2.47. The number of thiocarbonyl (C=S) groups is 1. The number of hydrogen-bond donors (Lipinski definition) is 2. The molecule has 0 aliphatic carbocycles. The van der Waals surface area contributed by atoms with Crippen molar-refractivity contribution in [3.05, 3.63) is 17.0 Å². The molecule has 1 aromatic heterocycles. The van der Waals surface area contributed by atoms with Gasteiger partial charge in [0.2, 0.25) is 0 Å². The van der Waals surface area contributed by atoms with Crippen molar-refractivity contribution in [1.29, 1.82) is 0 Å². The zero-order chi connectivity index (χ0) is 13.5. The van der Waals surface area contributed by atoms with Crippen LogP contribution in [-0.2, 0) is 11.8 Å². The summed E-state index contributed by atoms with van der Waals surface area (Å²) < 4.78 is 6.73. The van der Waals surface area contributed by atoms with Gasteiger partial charge < -0.3 is 10.1 Å². The van der Waals surface area contributed by atoms with Gasteiger partial charge in [0.05, 0.1) is 18.5 Å². The monoisotopic (exact) mass is 269 g/mol. The normalized spacial score (nSPS) is 10.9. The standard InChI is InChI=1S/C11H19N5OS/c1-8-10(9(2)16(3)15-8)7-13-14-11(18)12-5-6-17-4/h7H,5-6H2,1-4H3,(H2,12,14,18)/b13-7-. The molecule has 18 heavy (non-hydrogen) atoms. The molecule has 0 saturated heterocycles. The molecule has 1 rings (SSSR count). The Labute approximate surface area is 112 Å². The lowest BCUT2D eigenvalue weighted by Gasteiger charge is -2.05. The van der Waals surface area contributed by atoms with Crippen LogP contribution in [0.3, 0.4) is 0 Å². The highest BCUT2D eigenvalue weighted by molar-refractivity contribution is 7.80. The Bertz CT molecular complexity index is 441. The van der Waals surface area contributed by atoms with Gasteiger partial charge in [-0.1, -0.05) is 0 Å². The predicted octanol–water partition coefficient (Wildman–Crippen LogP) is 0.481. The van der Waals surface area contributed by atoms with Crippen molar-refractivity contribution in [3.63, 3.8) is 0 Å². The summed E-state index contributed by atoms with van der Waals surface area (Å²) in [4.78, 5) is 0. The highest BCUT2D eigenvalue weighted by atomic mass is 32.1. The van der Waals surface area contributed by atoms with Crippen molar-refractivity contribution in [2.45, 2.75) is 13.8 Å². The molecule has 0 aliphatic heterocycles. The van der Waals surface area contributed by atoms with Crippen LogP contribution in [0.1, 0.15) is 17.0 Å². The Morgan fingerprint density at radius 2 is 2.28 bits per heavy atom. The predicted molar refractivity (Wildman–Crippen MR) is 75.9 cm³/mol. The van der Waals surface area contributed by atoms with Crippen molar-refractivity contribution >= 4 is 23.5 Å². The minimum atomic E-state index is 0.475. The smallest absolute Gasteiger partial charge is 0.187 e. The average Bonchev–Trinajstić information content (AvgIpc) is 2.56. The van der Waals surface area contributed by atoms with E-state index in [1.807, 2.05) is 25.6 Å². The zero-order valence-corrected chi connectivity index (χ0v) is 12.0. The van der Waals surface area contributed by atoms with Gasteiger partial charge in [-0.2, -0.15) is 10.2 Å². The van der Waals surface area contributed by atoms with E-state index < -0.39 is 0 Å². The van der Waals surface area contributed by atoms with Crippen molar-refractivity contribution in [1.82, 2.24) is 20.5 Å². The van der Waals surface area contributed by atoms with Crippen LogP contribution in [0.2, 0.25) is 0 Å². The van der Waals surface area contributed by atoms with E-state index in [4.69, 9.17) is 17.0 Å². The van der Waals surface area contributed by atoms with E-state index in [0.29, 0.717) is 18.3 Å². The van der Waals surface area contributed by atoms with Crippen molar-refractivity contribution in [2.24, 2.45) is 12.1 Å². The molecule has 6 nitrogen and oxygen atoms in total. The lowest BCUT2D eigenvalue weighted by atomic mass is 10.2. The molecule has 0 atom stereocenters. The van der Waals surface area contributed by atoms with Gasteiger partial charge in [0.25, 0.3) is 0 Å². The first-order valence-corrected chi connectivity index (χ1v) is 6.03. The number of rotatable bonds is 5. The highest BCUT2D eigenvalue weighted by Crippen LogP contribution is 2.08. The van der Waals surface area contributed by atoms with Crippen LogP contribution in [0.4, 0.5) is 0 Å². The van der Waals surface area contributed by atoms with Crippen LogP contribution in [0.15, 0.2) is 5.10 Å². The molecule has 100 valence electrons. The first-order chi connectivity index (χ1) is 8.56. The second kappa shape index (κ2) is 7.07. The third-order valence-electron chi connectivity index (χ3n) is 2.52. The van der Waals surface area contributed by atoms with Crippen LogP contribution >= 0.6 is 12.2 Å². The first-order valence-electron chi connectivity index (χ1n) is 5.62. The third kappa shape index (κ3) is 4.08. The van der Waals surface area contributed by atoms with Crippen LogP contribution in [0.25, 0.3) is 0 Å². The second-order valence-electron chi connectivity index (χ2n) is 3.83. The number of aryl methyl sites for hydroxylation is 2. The Morgan fingerprint density at radius 1 is 1.56 bits per heavy atom. The van der Waals surface area contributed by atoms with E-state index in [2.05, 4.69) is 20.9 Å². The Kier molecular flexibility index (Phi) is 5.73. The highest BCUT2D eigenvalue weighted by Gasteiger charge is 2.06. The number of hydrogen-bond acceptors (Lipinski definition) is 4. The number of hydrazone groups is 1. The van der Waals surface area contributed by atoms with Crippen molar-refractivity contribution < 1.29 is 4.74 Å². The minimum absolute atomic E-state index is 0.475. The van der Waals surface area contributed by atoms with Crippen LogP contribution in [-0.4, -0.2) is 41.4 Å². The summed E-state index contributed by atoms with van der Waals surface area (Å²) in [6, 6.07) is 0. The SMILES string of the molecule is COCCNC(=S)N/N=C\c1c(C)nn(C)c1C. The number of nitrogens with zero attached hydrogens (tertiary/aromatic N) is 3. The molecule has 1 heterocycles. The molecule has 1 aromatic rings. The molecule has 7 heteroatoms. The van der Waals surface area contributed by atoms with Gasteiger partial charge in [-0.3, -0.25) is 10.1 Å². The summed E-state index contributed by atoms with van der Waals surface area (Å²) in [5, 5.41) is 11.8.